The monoisotopic (exact) mass is 275 g/mol. The second-order valence-corrected chi connectivity index (χ2v) is 8.35. The molecular weight excluding hydrogens is 246 g/mol. The molecular formula is C18H29NO. The molecule has 0 spiro atoms. The fraction of sp³-hybridized carbons (Fsp3) is 0.944. The van der Waals surface area contributed by atoms with E-state index in [0.29, 0.717) is 0 Å². The van der Waals surface area contributed by atoms with Crippen LogP contribution in [0.4, 0.5) is 0 Å². The summed E-state index contributed by atoms with van der Waals surface area (Å²) in [5.41, 5.74) is 5.76. The molecule has 20 heavy (non-hydrogen) atoms. The Hall–Kier alpha value is -0.370. The van der Waals surface area contributed by atoms with Gasteiger partial charge in [0.1, 0.15) is 6.29 Å². The van der Waals surface area contributed by atoms with Gasteiger partial charge in [0.15, 0.2) is 0 Å². The highest BCUT2D eigenvalue weighted by Crippen LogP contribution is 2.58. The molecule has 0 heterocycles. The van der Waals surface area contributed by atoms with E-state index in [0.717, 1.165) is 54.6 Å². The largest absolute Gasteiger partial charge is 0.319 e. The minimum atomic E-state index is -0.488. The van der Waals surface area contributed by atoms with Crippen LogP contribution in [0.2, 0.25) is 0 Å². The summed E-state index contributed by atoms with van der Waals surface area (Å²) in [7, 11) is 0. The van der Waals surface area contributed by atoms with Gasteiger partial charge in [0.25, 0.3) is 0 Å². The molecule has 2 heteroatoms. The van der Waals surface area contributed by atoms with Crippen LogP contribution in [0.1, 0.15) is 64.2 Å². The first-order valence-electron chi connectivity index (χ1n) is 8.95. The fourth-order valence-electron chi connectivity index (χ4n) is 6.69. The quantitative estimate of drug-likeness (QED) is 0.744. The topological polar surface area (TPSA) is 43.1 Å². The van der Waals surface area contributed by atoms with Crippen molar-refractivity contribution >= 4 is 6.29 Å². The van der Waals surface area contributed by atoms with Crippen LogP contribution >= 0.6 is 0 Å². The van der Waals surface area contributed by atoms with Gasteiger partial charge in [0, 0.05) is 0 Å². The zero-order valence-corrected chi connectivity index (χ0v) is 12.6. The second kappa shape index (κ2) is 4.83. The van der Waals surface area contributed by atoms with Crippen LogP contribution in [0.15, 0.2) is 0 Å². The van der Waals surface area contributed by atoms with Crippen LogP contribution in [0, 0.1) is 35.5 Å². The standard InChI is InChI=1S/C18H29NO/c19-18(11-20)9-8-15-13(10-18)5-7-16-14-3-1-2-12(14)4-6-17(15)16/h11-17H,1-10,19H2/t12-,13?,14+,15-,16-,17+,18?/m0/s1. The highest BCUT2D eigenvalue weighted by atomic mass is 16.1. The van der Waals surface area contributed by atoms with Gasteiger partial charge in [-0.05, 0) is 86.9 Å². The summed E-state index contributed by atoms with van der Waals surface area (Å²) in [6.07, 6.45) is 14.4. The molecule has 4 aliphatic carbocycles. The molecule has 0 aromatic rings. The first-order chi connectivity index (χ1) is 9.70. The minimum Gasteiger partial charge on any atom is -0.319 e. The number of hydrogen-bond donors (Lipinski definition) is 1. The minimum absolute atomic E-state index is 0.488. The number of carbonyl (C=O) groups excluding carboxylic acids is 1. The maximum absolute atomic E-state index is 11.3. The van der Waals surface area contributed by atoms with Crippen LogP contribution in [0.3, 0.4) is 0 Å². The molecule has 4 aliphatic rings. The third kappa shape index (κ3) is 1.98. The Morgan fingerprint density at radius 2 is 1.50 bits per heavy atom. The lowest BCUT2D eigenvalue weighted by Crippen LogP contribution is -2.52. The molecule has 0 amide bonds. The number of aldehydes is 1. The number of nitrogens with two attached hydrogens (primary N) is 1. The molecule has 7 atom stereocenters. The highest BCUT2D eigenvalue weighted by molar-refractivity contribution is 5.64. The van der Waals surface area contributed by atoms with Crippen molar-refractivity contribution in [3.8, 4) is 0 Å². The molecule has 2 N–H and O–H groups in total. The molecule has 0 aromatic carbocycles. The predicted octanol–water partition coefficient (Wildman–Crippen LogP) is 3.54. The van der Waals surface area contributed by atoms with E-state index in [1.54, 1.807) is 0 Å². The molecule has 4 fully saturated rings. The van der Waals surface area contributed by atoms with Crippen LogP contribution in [-0.4, -0.2) is 11.8 Å². The second-order valence-electron chi connectivity index (χ2n) is 8.35. The molecule has 0 bridgehead atoms. The first-order valence-corrected chi connectivity index (χ1v) is 8.95. The summed E-state index contributed by atoms with van der Waals surface area (Å²) in [5.74, 6) is 5.78. The summed E-state index contributed by atoms with van der Waals surface area (Å²) in [5, 5.41) is 0. The fourth-order valence-corrected chi connectivity index (χ4v) is 6.69. The Kier molecular flexibility index (Phi) is 3.21. The van der Waals surface area contributed by atoms with Gasteiger partial charge in [-0.15, -0.1) is 0 Å². The lowest BCUT2D eigenvalue weighted by Gasteiger charge is -2.53. The lowest BCUT2D eigenvalue weighted by molar-refractivity contribution is -0.116. The third-order valence-corrected chi connectivity index (χ3v) is 7.53. The zero-order chi connectivity index (χ0) is 13.7. The van der Waals surface area contributed by atoms with E-state index >= 15 is 0 Å². The molecule has 0 radical (unpaired) electrons. The number of carbonyl (C=O) groups is 1. The molecule has 2 nitrogen and oxygen atoms in total. The number of fused-ring (bicyclic) bond motifs is 5. The number of hydrogen-bond acceptors (Lipinski definition) is 2. The highest BCUT2D eigenvalue weighted by Gasteiger charge is 2.51. The van der Waals surface area contributed by atoms with Gasteiger partial charge >= 0.3 is 0 Å². The molecule has 0 aliphatic heterocycles. The number of rotatable bonds is 1. The Labute approximate surface area is 122 Å². The van der Waals surface area contributed by atoms with Crippen molar-refractivity contribution < 1.29 is 4.79 Å². The summed E-state index contributed by atoms with van der Waals surface area (Å²) in [6.45, 7) is 0. The van der Waals surface area contributed by atoms with Crippen molar-refractivity contribution in [2.45, 2.75) is 69.7 Å². The van der Waals surface area contributed by atoms with Crippen LogP contribution < -0.4 is 5.73 Å². The molecule has 2 unspecified atom stereocenters. The third-order valence-electron chi connectivity index (χ3n) is 7.53. The molecule has 0 saturated heterocycles. The summed E-state index contributed by atoms with van der Waals surface area (Å²) < 4.78 is 0. The van der Waals surface area contributed by atoms with Crippen LogP contribution in [0.5, 0.6) is 0 Å². The van der Waals surface area contributed by atoms with Gasteiger partial charge in [-0.1, -0.05) is 12.8 Å². The maximum Gasteiger partial charge on any atom is 0.139 e. The predicted molar refractivity (Wildman–Crippen MR) is 80.1 cm³/mol. The maximum atomic E-state index is 11.3. The van der Waals surface area contributed by atoms with Gasteiger partial charge in [-0.3, -0.25) is 0 Å². The van der Waals surface area contributed by atoms with E-state index in [-0.39, 0.29) is 0 Å². The van der Waals surface area contributed by atoms with Crippen molar-refractivity contribution in [1.82, 2.24) is 0 Å². The molecule has 4 rings (SSSR count). The van der Waals surface area contributed by atoms with Crippen LogP contribution in [-0.2, 0) is 4.79 Å². The van der Waals surface area contributed by atoms with E-state index < -0.39 is 5.54 Å². The Balaban J connectivity index is 1.52. The van der Waals surface area contributed by atoms with E-state index in [2.05, 4.69) is 0 Å². The first kappa shape index (κ1) is 13.3. The Bertz CT molecular complexity index is 395. The van der Waals surface area contributed by atoms with Crippen molar-refractivity contribution in [3.05, 3.63) is 0 Å². The molecule has 4 saturated carbocycles. The van der Waals surface area contributed by atoms with E-state index in [4.69, 9.17) is 5.73 Å². The van der Waals surface area contributed by atoms with Crippen molar-refractivity contribution in [1.29, 1.82) is 0 Å². The van der Waals surface area contributed by atoms with Gasteiger partial charge in [0.05, 0.1) is 5.54 Å². The average Bonchev–Trinajstić information content (AvgIpc) is 2.95. The van der Waals surface area contributed by atoms with Gasteiger partial charge in [-0.2, -0.15) is 0 Å². The summed E-state index contributed by atoms with van der Waals surface area (Å²) in [6, 6.07) is 0. The van der Waals surface area contributed by atoms with Gasteiger partial charge in [0.2, 0.25) is 0 Å². The summed E-state index contributed by atoms with van der Waals surface area (Å²) in [4.78, 5) is 11.3. The Morgan fingerprint density at radius 3 is 2.25 bits per heavy atom. The van der Waals surface area contributed by atoms with Crippen molar-refractivity contribution in [2.75, 3.05) is 0 Å². The SMILES string of the molecule is NC1(C=O)CC[C@H]2C(CC[C@H]3[C@@H]4CCC[C@H]4CC[C@@H]32)C1. The van der Waals surface area contributed by atoms with Gasteiger partial charge in [-0.25, -0.2) is 0 Å². The average molecular weight is 275 g/mol. The Morgan fingerprint density at radius 1 is 0.800 bits per heavy atom. The zero-order valence-electron chi connectivity index (χ0n) is 12.6. The lowest BCUT2D eigenvalue weighted by atomic mass is 9.52. The van der Waals surface area contributed by atoms with Crippen LogP contribution in [0.25, 0.3) is 0 Å². The van der Waals surface area contributed by atoms with Gasteiger partial charge < -0.3 is 10.5 Å². The van der Waals surface area contributed by atoms with Crippen molar-refractivity contribution in [3.63, 3.8) is 0 Å². The van der Waals surface area contributed by atoms with E-state index in [1.165, 1.54) is 51.4 Å². The smallest absolute Gasteiger partial charge is 0.139 e. The molecule has 0 aromatic heterocycles. The summed E-state index contributed by atoms with van der Waals surface area (Å²) >= 11 is 0. The molecule has 112 valence electrons. The van der Waals surface area contributed by atoms with E-state index in [1.807, 2.05) is 0 Å². The van der Waals surface area contributed by atoms with Crippen molar-refractivity contribution in [2.24, 2.45) is 41.2 Å². The van der Waals surface area contributed by atoms with E-state index in [9.17, 15) is 4.79 Å². The normalized spacial score (nSPS) is 54.6.